The van der Waals surface area contributed by atoms with Crippen LogP contribution in [0.15, 0.2) is 29.3 Å². The summed E-state index contributed by atoms with van der Waals surface area (Å²) in [5.74, 6) is -0.139. The number of aromatic amines is 1. The van der Waals surface area contributed by atoms with Gasteiger partial charge in [-0.25, -0.2) is 0 Å². The molecular formula is C17H20N4O2. The van der Waals surface area contributed by atoms with Crippen LogP contribution in [-0.2, 0) is 12.8 Å². The van der Waals surface area contributed by atoms with Crippen molar-refractivity contribution in [2.45, 2.75) is 38.1 Å². The van der Waals surface area contributed by atoms with Gasteiger partial charge in [0.25, 0.3) is 11.5 Å². The number of pyridine rings is 1. The molecule has 2 aromatic rings. The van der Waals surface area contributed by atoms with Crippen molar-refractivity contribution in [2.24, 2.45) is 0 Å². The number of carbonyl (C=O) groups is 1. The van der Waals surface area contributed by atoms with E-state index in [4.69, 9.17) is 0 Å². The summed E-state index contributed by atoms with van der Waals surface area (Å²) in [6, 6.07) is 4.07. The van der Waals surface area contributed by atoms with Crippen molar-refractivity contribution in [1.29, 1.82) is 0 Å². The molecule has 1 aliphatic heterocycles. The summed E-state index contributed by atoms with van der Waals surface area (Å²) < 4.78 is 1.96. The van der Waals surface area contributed by atoms with Gasteiger partial charge < -0.3 is 9.88 Å². The molecule has 0 radical (unpaired) electrons. The lowest BCUT2D eigenvalue weighted by Crippen LogP contribution is -2.41. The summed E-state index contributed by atoms with van der Waals surface area (Å²) in [4.78, 5) is 29.6. The smallest absolute Gasteiger partial charge is 0.261 e. The second-order valence-electron chi connectivity index (χ2n) is 6.38. The number of hydrogen-bond acceptors (Lipinski definition) is 3. The summed E-state index contributed by atoms with van der Waals surface area (Å²) >= 11 is 0. The molecule has 1 amide bonds. The van der Waals surface area contributed by atoms with Gasteiger partial charge in [-0.3, -0.25) is 14.3 Å². The van der Waals surface area contributed by atoms with E-state index in [9.17, 15) is 9.59 Å². The first-order valence-corrected chi connectivity index (χ1v) is 8.26. The molecule has 1 aliphatic carbocycles. The molecule has 120 valence electrons. The van der Waals surface area contributed by atoms with E-state index in [1.54, 1.807) is 11.1 Å². The number of nitrogens with zero attached hydrogens (tertiary/aromatic N) is 3. The number of H-pyrrole nitrogens is 1. The van der Waals surface area contributed by atoms with E-state index in [-0.39, 0.29) is 11.5 Å². The number of hydrogen-bond donors (Lipinski definition) is 1. The highest BCUT2D eigenvalue weighted by Gasteiger charge is 2.27. The summed E-state index contributed by atoms with van der Waals surface area (Å²) in [6.07, 6.45) is 8.40. The van der Waals surface area contributed by atoms with Crippen molar-refractivity contribution < 1.29 is 4.79 Å². The Balaban J connectivity index is 1.49. The number of rotatable bonds is 2. The SMILES string of the molecule is O=C(c1cc2c([nH]c1=O)CCC2)N1CCC(n2cccn2)CC1. The summed E-state index contributed by atoms with van der Waals surface area (Å²) in [5, 5.41) is 4.28. The molecule has 2 aromatic heterocycles. The molecular weight excluding hydrogens is 292 g/mol. The first-order valence-electron chi connectivity index (χ1n) is 8.26. The molecule has 0 saturated carbocycles. The van der Waals surface area contributed by atoms with Crippen molar-refractivity contribution in [3.05, 3.63) is 51.7 Å². The fraction of sp³-hybridized carbons (Fsp3) is 0.471. The first-order chi connectivity index (χ1) is 11.2. The van der Waals surface area contributed by atoms with Gasteiger partial charge in [-0.05, 0) is 49.8 Å². The van der Waals surface area contributed by atoms with Crippen molar-refractivity contribution in [3.63, 3.8) is 0 Å². The van der Waals surface area contributed by atoms with Gasteiger partial charge in [0.05, 0.1) is 6.04 Å². The van der Waals surface area contributed by atoms with Crippen molar-refractivity contribution in [2.75, 3.05) is 13.1 Å². The fourth-order valence-electron chi connectivity index (χ4n) is 3.67. The van der Waals surface area contributed by atoms with E-state index in [1.165, 1.54) is 0 Å². The minimum absolute atomic E-state index is 0.139. The Morgan fingerprint density at radius 1 is 1.26 bits per heavy atom. The zero-order chi connectivity index (χ0) is 15.8. The third kappa shape index (κ3) is 2.58. The van der Waals surface area contributed by atoms with Crippen LogP contribution in [0.2, 0.25) is 0 Å². The number of nitrogens with one attached hydrogen (secondary N) is 1. The number of fused-ring (bicyclic) bond motifs is 1. The first kappa shape index (κ1) is 14.2. The van der Waals surface area contributed by atoms with E-state index in [1.807, 2.05) is 23.0 Å². The van der Waals surface area contributed by atoms with Gasteiger partial charge in [0.1, 0.15) is 5.56 Å². The molecule has 0 bridgehead atoms. The largest absolute Gasteiger partial charge is 0.338 e. The highest BCUT2D eigenvalue weighted by atomic mass is 16.2. The monoisotopic (exact) mass is 312 g/mol. The summed E-state index contributed by atoms with van der Waals surface area (Å²) in [6.45, 7) is 1.33. The standard InChI is InChI=1S/C17H20N4O2/c22-16-14(11-12-3-1-4-15(12)19-16)17(23)20-9-5-13(6-10-20)21-8-2-7-18-21/h2,7-8,11,13H,1,3-6,9-10H2,(H,19,22). The molecule has 4 rings (SSSR count). The zero-order valence-electron chi connectivity index (χ0n) is 13.0. The Morgan fingerprint density at radius 3 is 2.83 bits per heavy atom. The van der Waals surface area contributed by atoms with Gasteiger partial charge in [0, 0.05) is 31.2 Å². The topological polar surface area (TPSA) is 71.0 Å². The molecule has 0 aromatic carbocycles. The normalized spacial score (nSPS) is 18.2. The third-order valence-electron chi connectivity index (χ3n) is 4.97. The minimum Gasteiger partial charge on any atom is -0.338 e. The van der Waals surface area contributed by atoms with E-state index >= 15 is 0 Å². The Labute approximate surface area is 134 Å². The summed E-state index contributed by atoms with van der Waals surface area (Å²) in [5.41, 5.74) is 2.18. The lowest BCUT2D eigenvalue weighted by molar-refractivity contribution is 0.0688. The molecule has 6 nitrogen and oxygen atoms in total. The highest BCUT2D eigenvalue weighted by molar-refractivity contribution is 5.94. The van der Waals surface area contributed by atoms with Crippen LogP contribution in [-0.4, -0.2) is 38.7 Å². The van der Waals surface area contributed by atoms with E-state index in [0.717, 1.165) is 43.4 Å². The second kappa shape index (κ2) is 5.68. The quantitative estimate of drug-likeness (QED) is 0.914. The molecule has 0 unspecified atom stereocenters. The summed E-state index contributed by atoms with van der Waals surface area (Å²) in [7, 11) is 0. The van der Waals surface area contributed by atoms with Gasteiger partial charge in [0.2, 0.25) is 0 Å². The third-order valence-corrected chi connectivity index (χ3v) is 4.97. The number of aryl methyl sites for hydroxylation is 2. The predicted octanol–water partition coefficient (Wildman–Crippen LogP) is 1.54. The van der Waals surface area contributed by atoms with Crippen LogP contribution >= 0.6 is 0 Å². The Bertz CT molecular complexity index is 770. The molecule has 3 heterocycles. The van der Waals surface area contributed by atoms with E-state index in [0.29, 0.717) is 24.7 Å². The van der Waals surface area contributed by atoms with Gasteiger partial charge in [-0.1, -0.05) is 0 Å². The van der Waals surface area contributed by atoms with Gasteiger partial charge >= 0.3 is 0 Å². The van der Waals surface area contributed by atoms with Crippen molar-refractivity contribution in [3.8, 4) is 0 Å². The maximum Gasteiger partial charge on any atom is 0.261 e. The average molecular weight is 312 g/mol. The maximum atomic E-state index is 12.7. The molecule has 6 heteroatoms. The number of piperidine rings is 1. The Hall–Kier alpha value is -2.37. The average Bonchev–Trinajstić information content (AvgIpc) is 3.25. The van der Waals surface area contributed by atoms with Crippen LogP contribution in [0.5, 0.6) is 0 Å². The molecule has 2 aliphatic rings. The molecule has 1 fully saturated rings. The van der Waals surface area contributed by atoms with Crippen LogP contribution in [0.3, 0.4) is 0 Å². The molecule has 1 N–H and O–H groups in total. The van der Waals surface area contributed by atoms with E-state index < -0.39 is 0 Å². The predicted molar refractivity (Wildman–Crippen MR) is 85.5 cm³/mol. The lowest BCUT2D eigenvalue weighted by atomic mass is 10.0. The molecule has 0 atom stereocenters. The van der Waals surface area contributed by atoms with Gasteiger partial charge in [-0.15, -0.1) is 0 Å². The van der Waals surface area contributed by atoms with Crippen molar-refractivity contribution >= 4 is 5.91 Å². The molecule has 0 spiro atoms. The number of likely N-dealkylation sites (tertiary alicyclic amines) is 1. The highest BCUT2D eigenvalue weighted by Crippen LogP contribution is 2.23. The zero-order valence-corrected chi connectivity index (χ0v) is 13.0. The van der Waals surface area contributed by atoms with Crippen LogP contribution in [0.1, 0.15) is 46.9 Å². The molecule has 23 heavy (non-hydrogen) atoms. The van der Waals surface area contributed by atoms with Crippen LogP contribution < -0.4 is 5.56 Å². The van der Waals surface area contributed by atoms with Crippen molar-refractivity contribution in [1.82, 2.24) is 19.7 Å². The van der Waals surface area contributed by atoms with Crippen LogP contribution in [0.4, 0.5) is 0 Å². The Morgan fingerprint density at radius 2 is 2.09 bits per heavy atom. The number of aromatic nitrogens is 3. The molecule has 1 saturated heterocycles. The van der Waals surface area contributed by atoms with Gasteiger partial charge in [-0.2, -0.15) is 5.10 Å². The number of carbonyl (C=O) groups excluding carboxylic acids is 1. The Kier molecular flexibility index (Phi) is 3.52. The number of amides is 1. The maximum absolute atomic E-state index is 12.7. The lowest BCUT2D eigenvalue weighted by Gasteiger charge is -2.32. The van der Waals surface area contributed by atoms with Crippen LogP contribution in [0, 0.1) is 0 Å². The van der Waals surface area contributed by atoms with E-state index in [2.05, 4.69) is 10.1 Å². The minimum atomic E-state index is -0.246. The second-order valence-corrected chi connectivity index (χ2v) is 6.38. The fourth-order valence-corrected chi connectivity index (χ4v) is 3.67. The van der Waals surface area contributed by atoms with Crippen LogP contribution in [0.25, 0.3) is 0 Å². The van der Waals surface area contributed by atoms with Gasteiger partial charge in [0.15, 0.2) is 0 Å².